The van der Waals surface area contributed by atoms with Gasteiger partial charge in [0.15, 0.2) is 5.82 Å². The topological polar surface area (TPSA) is 41.9 Å². The van der Waals surface area contributed by atoms with E-state index in [0.717, 1.165) is 17.2 Å². The predicted molar refractivity (Wildman–Crippen MR) is 126 cm³/mol. The molecular formula is C27H22N4. The molecule has 0 fully saturated rings. The van der Waals surface area contributed by atoms with Crippen molar-refractivity contribution in [1.29, 1.82) is 0 Å². The summed E-state index contributed by atoms with van der Waals surface area (Å²) in [6.45, 7) is 0. The van der Waals surface area contributed by atoms with Gasteiger partial charge in [-0.1, -0.05) is 97.1 Å². The van der Waals surface area contributed by atoms with Gasteiger partial charge in [-0.05, 0) is 40.6 Å². The van der Waals surface area contributed by atoms with Crippen molar-refractivity contribution in [3.05, 3.63) is 134 Å². The van der Waals surface area contributed by atoms with E-state index < -0.39 is 0 Å². The van der Waals surface area contributed by atoms with Crippen LogP contribution in [-0.4, -0.2) is 15.4 Å². The van der Waals surface area contributed by atoms with Gasteiger partial charge in [-0.3, -0.25) is 4.90 Å². The SMILES string of the molecule is c1ccc(-c2ccccc2)cc1.c1ccc(N(c2ccccc2)c2ccnnn2)cc1. The minimum absolute atomic E-state index is 0.743. The summed E-state index contributed by atoms with van der Waals surface area (Å²) in [7, 11) is 0. The lowest BCUT2D eigenvalue weighted by atomic mass is 10.1. The molecule has 0 unspecified atom stereocenters. The molecule has 4 heteroatoms. The first-order valence-corrected chi connectivity index (χ1v) is 10.1. The van der Waals surface area contributed by atoms with Crippen LogP contribution in [0, 0.1) is 0 Å². The molecule has 4 aromatic carbocycles. The quantitative estimate of drug-likeness (QED) is 0.336. The number of anilines is 3. The van der Waals surface area contributed by atoms with E-state index in [1.807, 2.05) is 83.8 Å². The molecule has 4 nitrogen and oxygen atoms in total. The Balaban J connectivity index is 0.000000166. The fourth-order valence-electron chi connectivity index (χ4n) is 3.18. The van der Waals surface area contributed by atoms with E-state index in [0.29, 0.717) is 0 Å². The Morgan fingerprint density at radius 1 is 0.452 bits per heavy atom. The van der Waals surface area contributed by atoms with E-state index >= 15 is 0 Å². The van der Waals surface area contributed by atoms with Crippen molar-refractivity contribution in [3.63, 3.8) is 0 Å². The Morgan fingerprint density at radius 2 is 0.871 bits per heavy atom. The summed E-state index contributed by atoms with van der Waals surface area (Å²) in [6, 6.07) is 42.8. The third-order valence-corrected chi connectivity index (χ3v) is 4.63. The van der Waals surface area contributed by atoms with Gasteiger partial charge in [0.2, 0.25) is 0 Å². The van der Waals surface area contributed by atoms with Crippen LogP contribution in [0.3, 0.4) is 0 Å². The lowest BCUT2D eigenvalue weighted by molar-refractivity contribution is 0.859. The van der Waals surface area contributed by atoms with Crippen molar-refractivity contribution in [2.45, 2.75) is 0 Å². The largest absolute Gasteiger partial charge is 0.293 e. The van der Waals surface area contributed by atoms with Crippen molar-refractivity contribution in [2.24, 2.45) is 0 Å². The maximum Gasteiger partial charge on any atom is 0.163 e. The van der Waals surface area contributed by atoms with Gasteiger partial charge in [0.25, 0.3) is 0 Å². The summed E-state index contributed by atoms with van der Waals surface area (Å²) >= 11 is 0. The van der Waals surface area contributed by atoms with Gasteiger partial charge < -0.3 is 0 Å². The number of nitrogens with zero attached hydrogens (tertiary/aromatic N) is 4. The first-order valence-electron chi connectivity index (χ1n) is 10.1. The number of aromatic nitrogens is 3. The van der Waals surface area contributed by atoms with E-state index in [1.54, 1.807) is 6.20 Å². The van der Waals surface area contributed by atoms with Crippen LogP contribution in [-0.2, 0) is 0 Å². The zero-order valence-electron chi connectivity index (χ0n) is 17.0. The Bertz CT molecular complexity index is 1020. The molecule has 0 N–H and O–H groups in total. The van der Waals surface area contributed by atoms with Crippen molar-refractivity contribution >= 4 is 17.2 Å². The fraction of sp³-hybridized carbons (Fsp3) is 0. The van der Waals surface area contributed by atoms with Gasteiger partial charge in [0.1, 0.15) is 0 Å². The fourth-order valence-corrected chi connectivity index (χ4v) is 3.18. The summed E-state index contributed by atoms with van der Waals surface area (Å²) in [4.78, 5) is 2.04. The molecule has 0 amide bonds. The normalized spacial score (nSPS) is 9.94. The van der Waals surface area contributed by atoms with Crippen LogP contribution < -0.4 is 4.90 Å². The maximum absolute atomic E-state index is 4.10. The highest BCUT2D eigenvalue weighted by Crippen LogP contribution is 2.31. The zero-order chi connectivity index (χ0) is 21.1. The van der Waals surface area contributed by atoms with Crippen LogP contribution in [0.15, 0.2) is 134 Å². The van der Waals surface area contributed by atoms with E-state index in [4.69, 9.17) is 0 Å². The highest BCUT2D eigenvalue weighted by molar-refractivity contribution is 5.73. The molecule has 1 aromatic heterocycles. The lowest BCUT2D eigenvalue weighted by Gasteiger charge is -2.23. The molecule has 0 saturated heterocycles. The van der Waals surface area contributed by atoms with Crippen LogP contribution in [0.2, 0.25) is 0 Å². The number of benzene rings is 4. The Kier molecular flexibility index (Phi) is 6.74. The Morgan fingerprint density at radius 3 is 1.26 bits per heavy atom. The van der Waals surface area contributed by atoms with Gasteiger partial charge in [0.05, 0.1) is 6.20 Å². The van der Waals surface area contributed by atoms with E-state index in [-0.39, 0.29) is 0 Å². The highest BCUT2D eigenvalue weighted by Gasteiger charge is 2.12. The first kappa shape index (κ1) is 20.0. The lowest BCUT2D eigenvalue weighted by Crippen LogP contribution is -2.12. The number of para-hydroxylation sites is 2. The Labute approximate surface area is 182 Å². The molecule has 5 rings (SSSR count). The molecule has 1 heterocycles. The molecular weight excluding hydrogens is 380 g/mol. The summed E-state index contributed by atoms with van der Waals surface area (Å²) in [5.74, 6) is 0.743. The third kappa shape index (κ3) is 5.40. The van der Waals surface area contributed by atoms with E-state index in [1.165, 1.54) is 11.1 Å². The van der Waals surface area contributed by atoms with Crippen molar-refractivity contribution in [2.75, 3.05) is 4.90 Å². The summed E-state index contributed by atoms with van der Waals surface area (Å²) < 4.78 is 0. The molecule has 5 aromatic rings. The molecule has 0 aliphatic rings. The van der Waals surface area contributed by atoms with Crippen molar-refractivity contribution in [3.8, 4) is 11.1 Å². The molecule has 0 aliphatic carbocycles. The molecule has 0 spiro atoms. The number of hydrogen-bond acceptors (Lipinski definition) is 4. The van der Waals surface area contributed by atoms with Crippen LogP contribution >= 0.6 is 0 Å². The van der Waals surface area contributed by atoms with Crippen molar-refractivity contribution < 1.29 is 0 Å². The summed E-state index contributed by atoms with van der Waals surface area (Å²) in [5, 5.41) is 11.5. The van der Waals surface area contributed by atoms with Crippen LogP contribution in [0.25, 0.3) is 11.1 Å². The average molecular weight is 403 g/mol. The summed E-state index contributed by atoms with van der Waals surface area (Å²) in [6.07, 6.45) is 1.64. The minimum atomic E-state index is 0.743. The smallest absolute Gasteiger partial charge is 0.163 e. The Hall–Kier alpha value is -4.31. The molecule has 0 radical (unpaired) electrons. The molecule has 31 heavy (non-hydrogen) atoms. The average Bonchev–Trinajstić information content (AvgIpc) is 2.88. The standard InChI is InChI=1S/C15H12N4.C12H10/c1-3-7-13(8-4-1)19(14-9-5-2-6-10-14)15-11-12-16-18-17-15;1-3-7-11(8-4-1)12-9-5-2-6-10-12/h1-12H;1-10H. The second kappa shape index (κ2) is 10.5. The number of hydrogen-bond donors (Lipinski definition) is 0. The first-order chi connectivity index (χ1) is 15.4. The van der Waals surface area contributed by atoms with E-state index in [9.17, 15) is 0 Å². The van der Waals surface area contributed by atoms with E-state index in [2.05, 4.69) is 63.9 Å². The van der Waals surface area contributed by atoms with Gasteiger partial charge >= 0.3 is 0 Å². The van der Waals surface area contributed by atoms with Gasteiger partial charge in [-0.15, -0.1) is 10.2 Å². The number of rotatable bonds is 4. The second-order valence-corrected chi connectivity index (χ2v) is 6.72. The molecule has 0 atom stereocenters. The maximum atomic E-state index is 4.10. The molecule has 150 valence electrons. The minimum Gasteiger partial charge on any atom is -0.293 e. The highest BCUT2D eigenvalue weighted by atomic mass is 15.4. The third-order valence-electron chi connectivity index (χ3n) is 4.63. The second-order valence-electron chi connectivity index (χ2n) is 6.72. The van der Waals surface area contributed by atoms with Gasteiger partial charge in [-0.2, -0.15) is 0 Å². The van der Waals surface area contributed by atoms with Gasteiger partial charge in [0, 0.05) is 17.4 Å². The van der Waals surface area contributed by atoms with Crippen molar-refractivity contribution in [1.82, 2.24) is 15.4 Å². The van der Waals surface area contributed by atoms with Crippen LogP contribution in [0.4, 0.5) is 17.2 Å². The zero-order valence-corrected chi connectivity index (χ0v) is 17.0. The summed E-state index contributed by atoms with van der Waals surface area (Å²) in [5.41, 5.74) is 4.62. The van der Waals surface area contributed by atoms with Crippen LogP contribution in [0.5, 0.6) is 0 Å². The van der Waals surface area contributed by atoms with Gasteiger partial charge in [-0.25, -0.2) is 0 Å². The van der Waals surface area contributed by atoms with Crippen LogP contribution in [0.1, 0.15) is 0 Å². The predicted octanol–water partition coefficient (Wildman–Crippen LogP) is 6.70. The molecule has 0 saturated carbocycles. The monoisotopic (exact) mass is 402 g/mol. The molecule has 0 bridgehead atoms. The molecule has 0 aliphatic heterocycles.